The van der Waals surface area contributed by atoms with Crippen LogP contribution in [0.5, 0.6) is 0 Å². The van der Waals surface area contributed by atoms with Crippen LogP contribution < -0.4 is 10.7 Å². The number of hydrogen-bond acceptors (Lipinski definition) is 3. The average Bonchev–Trinajstić information content (AvgIpc) is 2.78. The standard InChI is InChI=1S/C12H12N2O3/c1-8-4-11(15)10(6-13-8)12(16)14-5-9-2-3-17-7-9/h2-4,6-7H,5H2,1H3,(H,13,15)(H,14,16). The van der Waals surface area contributed by atoms with Crippen LogP contribution in [0.15, 0.2) is 40.1 Å². The molecule has 17 heavy (non-hydrogen) atoms. The summed E-state index contributed by atoms with van der Waals surface area (Å²) >= 11 is 0. The normalized spacial score (nSPS) is 10.2. The highest BCUT2D eigenvalue weighted by Gasteiger charge is 2.09. The zero-order valence-corrected chi connectivity index (χ0v) is 9.32. The lowest BCUT2D eigenvalue weighted by Crippen LogP contribution is -2.28. The van der Waals surface area contributed by atoms with Crippen molar-refractivity contribution in [2.24, 2.45) is 0 Å². The number of H-pyrrole nitrogens is 1. The van der Waals surface area contributed by atoms with Gasteiger partial charge >= 0.3 is 0 Å². The lowest BCUT2D eigenvalue weighted by Gasteiger charge is -2.03. The molecule has 2 rings (SSSR count). The summed E-state index contributed by atoms with van der Waals surface area (Å²) in [5.41, 5.74) is 1.40. The zero-order chi connectivity index (χ0) is 12.3. The minimum absolute atomic E-state index is 0.110. The molecule has 0 radical (unpaired) electrons. The van der Waals surface area contributed by atoms with Gasteiger partial charge in [-0.1, -0.05) is 0 Å². The highest BCUT2D eigenvalue weighted by Crippen LogP contribution is 1.99. The third kappa shape index (κ3) is 2.63. The van der Waals surface area contributed by atoms with Crippen LogP contribution in [0.1, 0.15) is 21.6 Å². The number of hydrogen-bond donors (Lipinski definition) is 2. The molecule has 0 saturated carbocycles. The van der Waals surface area contributed by atoms with Crippen molar-refractivity contribution in [2.45, 2.75) is 13.5 Å². The Morgan fingerprint density at radius 3 is 3.00 bits per heavy atom. The van der Waals surface area contributed by atoms with Crippen molar-refractivity contribution in [2.75, 3.05) is 0 Å². The van der Waals surface area contributed by atoms with E-state index in [0.29, 0.717) is 6.54 Å². The monoisotopic (exact) mass is 232 g/mol. The number of nitrogens with one attached hydrogen (secondary N) is 2. The van der Waals surface area contributed by atoms with Crippen LogP contribution in [0, 0.1) is 6.92 Å². The van der Waals surface area contributed by atoms with E-state index in [-0.39, 0.29) is 11.0 Å². The molecule has 0 aliphatic rings. The number of pyridine rings is 1. The molecule has 0 aliphatic carbocycles. The second kappa shape index (κ2) is 4.69. The van der Waals surface area contributed by atoms with Gasteiger partial charge in [0.05, 0.1) is 12.5 Å². The van der Waals surface area contributed by atoms with E-state index >= 15 is 0 Å². The van der Waals surface area contributed by atoms with Crippen LogP contribution in [0.2, 0.25) is 0 Å². The van der Waals surface area contributed by atoms with Gasteiger partial charge in [-0.3, -0.25) is 9.59 Å². The van der Waals surface area contributed by atoms with Crippen LogP contribution in [-0.2, 0) is 6.54 Å². The molecule has 0 aliphatic heterocycles. The number of furan rings is 1. The molecule has 0 bridgehead atoms. The number of carbonyl (C=O) groups excluding carboxylic acids is 1. The lowest BCUT2D eigenvalue weighted by molar-refractivity contribution is 0.0949. The van der Waals surface area contributed by atoms with Gasteiger partial charge in [0.25, 0.3) is 5.91 Å². The van der Waals surface area contributed by atoms with E-state index in [0.717, 1.165) is 11.3 Å². The van der Waals surface area contributed by atoms with Gasteiger partial charge in [-0.05, 0) is 13.0 Å². The molecule has 0 spiro atoms. The maximum atomic E-state index is 11.7. The number of carbonyl (C=O) groups is 1. The largest absolute Gasteiger partial charge is 0.472 e. The lowest BCUT2D eigenvalue weighted by atomic mass is 10.2. The number of aromatic amines is 1. The van der Waals surface area contributed by atoms with Crippen molar-refractivity contribution in [3.05, 3.63) is 57.9 Å². The summed E-state index contributed by atoms with van der Waals surface area (Å²) in [6, 6.07) is 3.15. The number of aryl methyl sites for hydroxylation is 1. The Hall–Kier alpha value is -2.30. The number of aromatic nitrogens is 1. The van der Waals surface area contributed by atoms with Gasteiger partial charge in [0.2, 0.25) is 0 Å². The van der Waals surface area contributed by atoms with E-state index in [2.05, 4.69) is 10.3 Å². The third-order valence-electron chi connectivity index (χ3n) is 2.34. The molecule has 1 amide bonds. The van der Waals surface area contributed by atoms with Gasteiger partial charge in [0.1, 0.15) is 5.56 Å². The Morgan fingerprint density at radius 1 is 1.53 bits per heavy atom. The summed E-state index contributed by atoms with van der Waals surface area (Å²) in [5.74, 6) is -0.396. The summed E-state index contributed by atoms with van der Waals surface area (Å²) in [4.78, 5) is 26.1. The summed E-state index contributed by atoms with van der Waals surface area (Å²) in [7, 11) is 0. The maximum Gasteiger partial charge on any atom is 0.257 e. The van der Waals surface area contributed by atoms with Crippen LogP contribution in [0.25, 0.3) is 0 Å². The second-order valence-corrected chi connectivity index (χ2v) is 3.71. The van der Waals surface area contributed by atoms with Crippen molar-refractivity contribution in [1.29, 1.82) is 0 Å². The molecule has 5 nitrogen and oxygen atoms in total. The van der Waals surface area contributed by atoms with Crippen molar-refractivity contribution < 1.29 is 9.21 Å². The molecule has 0 saturated heterocycles. The first-order valence-corrected chi connectivity index (χ1v) is 5.15. The van der Waals surface area contributed by atoms with Crippen LogP contribution in [0.4, 0.5) is 0 Å². The predicted octanol–water partition coefficient (Wildman–Crippen LogP) is 1.21. The maximum absolute atomic E-state index is 11.7. The quantitative estimate of drug-likeness (QED) is 0.835. The first-order valence-electron chi connectivity index (χ1n) is 5.15. The van der Waals surface area contributed by atoms with Gasteiger partial charge in [-0.15, -0.1) is 0 Å². The molecule has 2 heterocycles. The van der Waals surface area contributed by atoms with Crippen LogP contribution >= 0.6 is 0 Å². The van der Waals surface area contributed by atoms with Crippen LogP contribution in [0.3, 0.4) is 0 Å². The Kier molecular flexibility index (Phi) is 3.09. The highest BCUT2D eigenvalue weighted by molar-refractivity contribution is 5.93. The number of rotatable bonds is 3. The Balaban J connectivity index is 2.07. The molecule has 5 heteroatoms. The van der Waals surface area contributed by atoms with E-state index in [1.165, 1.54) is 18.5 Å². The first-order chi connectivity index (χ1) is 8.16. The SMILES string of the molecule is Cc1cc(=O)c(C(=O)NCc2ccoc2)c[nH]1. The van der Waals surface area contributed by atoms with Gasteiger partial charge < -0.3 is 14.7 Å². The predicted molar refractivity (Wildman–Crippen MR) is 61.7 cm³/mol. The number of amides is 1. The van der Waals surface area contributed by atoms with E-state index in [4.69, 9.17) is 4.42 Å². The van der Waals surface area contributed by atoms with E-state index in [1.54, 1.807) is 19.3 Å². The summed E-state index contributed by atoms with van der Waals surface area (Å²) in [6.07, 6.45) is 4.49. The summed E-state index contributed by atoms with van der Waals surface area (Å²) in [5, 5.41) is 2.64. The Bertz CT molecular complexity index is 570. The fraction of sp³-hybridized carbons (Fsp3) is 0.167. The third-order valence-corrected chi connectivity index (χ3v) is 2.34. The Morgan fingerprint density at radius 2 is 2.35 bits per heavy atom. The van der Waals surface area contributed by atoms with Gasteiger partial charge in [-0.25, -0.2) is 0 Å². The average molecular weight is 232 g/mol. The van der Waals surface area contributed by atoms with Crippen molar-refractivity contribution in [3.8, 4) is 0 Å². The molecule has 0 atom stereocenters. The molecular formula is C12H12N2O3. The topological polar surface area (TPSA) is 75.1 Å². The molecule has 2 aromatic rings. The zero-order valence-electron chi connectivity index (χ0n) is 9.32. The molecule has 88 valence electrons. The second-order valence-electron chi connectivity index (χ2n) is 3.71. The summed E-state index contributed by atoms with van der Waals surface area (Å²) in [6.45, 7) is 2.09. The molecular weight excluding hydrogens is 220 g/mol. The summed E-state index contributed by atoms with van der Waals surface area (Å²) < 4.78 is 4.87. The fourth-order valence-electron chi connectivity index (χ4n) is 1.42. The highest BCUT2D eigenvalue weighted by atomic mass is 16.3. The van der Waals surface area contributed by atoms with Gasteiger partial charge in [0, 0.05) is 30.1 Å². The molecule has 2 aromatic heterocycles. The molecule has 0 fully saturated rings. The van der Waals surface area contributed by atoms with Gasteiger partial charge in [-0.2, -0.15) is 0 Å². The van der Waals surface area contributed by atoms with E-state index < -0.39 is 5.91 Å². The van der Waals surface area contributed by atoms with Crippen molar-refractivity contribution in [3.63, 3.8) is 0 Å². The first kappa shape index (κ1) is 11.2. The minimum atomic E-state index is -0.396. The fourth-order valence-corrected chi connectivity index (χ4v) is 1.42. The minimum Gasteiger partial charge on any atom is -0.472 e. The molecule has 0 aromatic carbocycles. The molecule has 2 N–H and O–H groups in total. The van der Waals surface area contributed by atoms with E-state index in [9.17, 15) is 9.59 Å². The Labute approximate surface area is 97.5 Å². The van der Waals surface area contributed by atoms with E-state index in [1.807, 2.05) is 0 Å². The van der Waals surface area contributed by atoms with Crippen LogP contribution in [-0.4, -0.2) is 10.9 Å². The van der Waals surface area contributed by atoms with Crippen molar-refractivity contribution >= 4 is 5.91 Å². The smallest absolute Gasteiger partial charge is 0.257 e. The van der Waals surface area contributed by atoms with Crippen molar-refractivity contribution in [1.82, 2.24) is 10.3 Å². The molecule has 0 unspecified atom stereocenters. The van der Waals surface area contributed by atoms with Gasteiger partial charge in [0.15, 0.2) is 5.43 Å².